The van der Waals surface area contributed by atoms with Crippen molar-refractivity contribution >= 4 is 5.91 Å². The molecule has 5 rings (SSSR count). The maximum absolute atomic E-state index is 13.5. The zero-order chi connectivity index (χ0) is 22.8. The Morgan fingerprint density at radius 2 is 1.45 bits per heavy atom. The van der Waals surface area contributed by atoms with Crippen LogP contribution in [0, 0.1) is 23.5 Å². The number of nitrogens with one attached hydrogen (secondary N) is 1. The second-order valence-corrected chi connectivity index (χ2v) is 9.33. The van der Waals surface area contributed by atoms with Crippen LogP contribution in [-0.4, -0.2) is 29.9 Å². The van der Waals surface area contributed by atoms with Crippen molar-refractivity contribution in [2.45, 2.75) is 31.3 Å². The van der Waals surface area contributed by atoms with Gasteiger partial charge in [0.05, 0.1) is 5.92 Å². The number of hydrogen-bond acceptors (Lipinski definition) is 2. The molecule has 170 valence electrons. The number of rotatable bonds is 6. The van der Waals surface area contributed by atoms with Crippen molar-refractivity contribution in [3.63, 3.8) is 0 Å². The highest BCUT2D eigenvalue weighted by Gasteiger charge is 2.43. The van der Waals surface area contributed by atoms with Crippen LogP contribution < -0.4 is 5.32 Å². The second-order valence-electron chi connectivity index (χ2n) is 9.33. The van der Waals surface area contributed by atoms with Gasteiger partial charge in [-0.3, -0.25) is 9.69 Å². The summed E-state index contributed by atoms with van der Waals surface area (Å²) in [5, 5.41) is 3.31. The molecule has 0 bridgehead atoms. The molecular weight excluding hydrogens is 418 g/mol. The molecule has 1 saturated heterocycles. The molecule has 0 aromatic heterocycles. The predicted octanol–water partition coefficient (Wildman–Crippen LogP) is 5.12. The Morgan fingerprint density at radius 3 is 2.06 bits per heavy atom. The fourth-order valence-corrected chi connectivity index (χ4v) is 5.58. The molecule has 2 fully saturated rings. The minimum atomic E-state index is -0.605. The van der Waals surface area contributed by atoms with E-state index >= 15 is 0 Å². The zero-order valence-electron chi connectivity index (χ0n) is 18.5. The Bertz CT molecular complexity index is 1040. The van der Waals surface area contributed by atoms with E-state index in [1.165, 1.54) is 29.8 Å². The lowest BCUT2D eigenvalue weighted by Gasteiger charge is -2.25. The maximum atomic E-state index is 13.5. The summed E-state index contributed by atoms with van der Waals surface area (Å²) in [6.07, 6.45) is 2.08. The highest BCUT2D eigenvalue weighted by atomic mass is 19.1. The van der Waals surface area contributed by atoms with Crippen molar-refractivity contribution in [3.05, 3.63) is 107 Å². The van der Waals surface area contributed by atoms with Gasteiger partial charge in [0, 0.05) is 25.7 Å². The molecular formula is C28H28F2N2O. The fourth-order valence-electron chi connectivity index (χ4n) is 5.58. The number of fused-ring (bicyclic) bond motifs is 1. The Kier molecular flexibility index (Phi) is 6.23. The van der Waals surface area contributed by atoms with Gasteiger partial charge in [-0.25, -0.2) is 8.78 Å². The molecule has 1 aliphatic carbocycles. The van der Waals surface area contributed by atoms with E-state index in [0.717, 1.165) is 32.5 Å². The average Bonchev–Trinajstić information content (AvgIpc) is 3.38. The Labute approximate surface area is 193 Å². The van der Waals surface area contributed by atoms with Gasteiger partial charge in [-0.2, -0.15) is 0 Å². The van der Waals surface area contributed by atoms with Crippen LogP contribution in [-0.2, 0) is 11.3 Å². The minimum Gasteiger partial charge on any atom is -0.352 e. The van der Waals surface area contributed by atoms with Crippen molar-refractivity contribution in [1.82, 2.24) is 10.2 Å². The number of carbonyl (C=O) groups is 1. The van der Waals surface area contributed by atoms with Gasteiger partial charge in [0.1, 0.15) is 11.6 Å². The van der Waals surface area contributed by atoms with E-state index in [2.05, 4.69) is 34.5 Å². The molecule has 1 amide bonds. The average molecular weight is 447 g/mol. The third-order valence-electron chi connectivity index (χ3n) is 7.18. The molecule has 3 atom stereocenters. The van der Waals surface area contributed by atoms with E-state index < -0.39 is 5.92 Å². The van der Waals surface area contributed by atoms with Crippen molar-refractivity contribution < 1.29 is 13.6 Å². The van der Waals surface area contributed by atoms with Gasteiger partial charge in [-0.05, 0) is 65.6 Å². The third kappa shape index (κ3) is 4.83. The van der Waals surface area contributed by atoms with Gasteiger partial charge in [0.2, 0.25) is 5.91 Å². The summed E-state index contributed by atoms with van der Waals surface area (Å²) < 4.78 is 27.0. The van der Waals surface area contributed by atoms with Crippen LogP contribution in [0.3, 0.4) is 0 Å². The topological polar surface area (TPSA) is 32.3 Å². The van der Waals surface area contributed by atoms with E-state index in [1.807, 2.05) is 6.07 Å². The highest BCUT2D eigenvalue weighted by Crippen LogP contribution is 2.39. The van der Waals surface area contributed by atoms with Crippen molar-refractivity contribution in [2.24, 2.45) is 11.8 Å². The molecule has 0 radical (unpaired) electrons. The molecule has 1 N–H and O–H groups in total. The lowest BCUT2D eigenvalue weighted by Crippen LogP contribution is -2.42. The lowest BCUT2D eigenvalue weighted by molar-refractivity contribution is -0.122. The fraction of sp³-hybridized carbons (Fsp3) is 0.321. The molecule has 33 heavy (non-hydrogen) atoms. The summed E-state index contributed by atoms with van der Waals surface area (Å²) in [5.41, 5.74) is 2.71. The maximum Gasteiger partial charge on any atom is 0.232 e. The molecule has 0 unspecified atom stereocenters. The molecule has 3 aromatic rings. The Balaban J connectivity index is 1.31. The quantitative estimate of drug-likeness (QED) is 0.570. The first kappa shape index (κ1) is 21.8. The van der Waals surface area contributed by atoms with E-state index in [9.17, 15) is 13.6 Å². The Hall–Kier alpha value is -3.05. The lowest BCUT2D eigenvalue weighted by atomic mass is 9.89. The van der Waals surface area contributed by atoms with Gasteiger partial charge in [-0.1, -0.05) is 54.6 Å². The number of likely N-dealkylation sites (tertiary alicyclic amines) is 1. The predicted molar refractivity (Wildman–Crippen MR) is 125 cm³/mol. The van der Waals surface area contributed by atoms with Crippen molar-refractivity contribution in [1.29, 1.82) is 0 Å². The summed E-state index contributed by atoms with van der Waals surface area (Å²) >= 11 is 0. The molecule has 1 saturated carbocycles. The normalized spacial score (nSPS) is 22.5. The van der Waals surface area contributed by atoms with Crippen LogP contribution in [0.1, 0.15) is 35.4 Å². The van der Waals surface area contributed by atoms with E-state index in [1.54, 1.807) is 24.3 Å². The number of benzene rings is 3. The summed E-state index contributed by atoms with van der Waals surface area (Å²) in [6.45, 7) is 2.97. The highest BCUT2D eigenvalue weighted by molar-refractivity contribution is 5.87. The standard InChI is InChI=1S/C28H28F2N2O/c29-23-11-6-20(7-12-23)27(21-8-13-24(30)14-9-21)28(33)31-26-15-10-22-17-32(18-25(22)26)16-19-4-2-1-3-5-19/h1-9,11-14,22,25-27H,10,15-18H2,(H,31,33)/t22-,25+,26+/m1/s1. The first-order chi connectivity index (χ1) is 16.1. The van der Waals surface area contributed by atoms with Gasteiger partial charge in [0.25, 0.3) is 0 Å². The van der Waals surface area contributed by atoms with E-state index in [4.69, 9.17) is 0 Å². The third-order valence-corrected chi connectivity index (χ3v) is 7.18. The van der Waals surface area contributed by atoms with E-state index in [0.29, 0.717) is 23.0 Å². The molecule has 1 heterocycles. The first-order valence-corrected chi connectivity index (χ1v) is 11.6. The second kappa shape index (κ2) is 9.44. The summed E-state index contributed by atoms with van der Waals surface area (Å²) in [7, 11) is 0. The molecule has 2 aliphatic rings. The largest absolute Gasteiger partial charge is 0.352 e. The van der Waals surface area contributed by atoms with E-state index in [-0.39, 0.29) is 23.6 Å². The summed E-state index contributed by atoms with van der Waals surface area (Å²) in [4.78, 5) is 16.0. The van der Waals surface area contributed by atoms with Crippen molar-refractivity contribution in [2.75, 3.05) is 13.1 Å². The molecule has 3 aromatic carbocycles. The number of nitrogens with zero attached hydrogens (tertiary/aromatic N) is 1. The van der Waals surface area contributed by atoms with Crippen LogP contribution in [0.4, 0.5) is 8.78 Å². The van der Waals surface area contributed by atoms with Gasteiger partial charge in [0.15, 0.2) is 0 Å². The van der Waals surface area contributed by atoms with Crippen LogP contribution in [0.2, 0.25) is 0 Å². The van der Waals surface area contributed by atoms with Gasteiger partial charge >= 0.3 is 0 Å². The first-order valence-electron chi connectivity index (χ1n) is 11.6. The van der Waals surface area contributed by atoms with Gasteiger partial charge < -0.3 is 5.32 Å². The molecule has 0 spiro atoms. The van der Waals surface area contributed by atoms with Crippen molar-refractivity contribution in [3.8, 4) is 0 Å². The number of carbonyl (C=O) groups excluding carboxylic acids is 1. The SMILES string of the molecule is O=C(N[C@H]1CC[C@@H]2CN(Cc3ccccc3)C[C@@H]21)C(c1ccc(F)cc1)c1ccc(F)cc1. The van der Waals surface area contributed by atoms with Crippen LogP contribution >= 0.6 is 0 Å². The number of halogens is 2. The molecule has 1 aliphatic heterocycles. The minimum absolute atomic E-state index is 0.111. The summed E-state index contributed by atoms with van der Waals surface area (Å²) in [5.74, 6) is -0.387. The van der Waals surface area contributed by atoms with Crippen LogP contribution in [0.5, 0.6) is 0 Å². The zero-order valence-corrected chi connectivity index (χ0v) is 18.5. The smallest absolute Gasteiger partial charge is 0.232 e. The van der Waals surface area contributed by atoms with Crippen LogP contribution in [0.15, 0.2) is 78.9 Å². The Morgan fingerprint density at radius 1 is 0.848 bits per heavy atom. The number of hydrogen-bond donors (Lipinski definition) is 1. The van der Waals surface area contributed by atoms with Gasteiger partial charge in [-0.15, -0.1) is 0 Å². The molecule has 3 nitrogen and oxygen atoms in total. The molecule has 5 heteroatoms. The van der Waals surface area contributed by atoms with Crippen LogP contribution in [0.25, 0.3) is 0 Å². The number of amides is 1. The monoisotopic (exact) mass is 446 g/mol. The summed E-state index contributed by atoms with van der Waals surface area (Å²) in [6, 6.07) is 22.6.